The number of nitrogens with one attached hydrogen (secondary N) is 1. The van der Waals surface area contributed by atoms with Crippen molar-refractivity contribution in [3.05, 3.63) is 58.8 Å². The van der Waals surface area contributed by atoms with E-state index in [1.165, 1.54) is 18.3 Å². The number of hydrogen-bond acceptors (Lipinski definition) is 9. The molecule has 0 atom stereocenters. The number of halogens is 2. The molecule has 0 aliphatic rings. The summed E-state index contributed by atoms with van der Waals surface area (Å²) in [5, 5.41) is 13.2. The Labute approximate surface area is 218 Å². The van der Waals surface area contributed by atoms with Gasteiger partial charge in [0.25, 0.3) is 0 Å². The van der Waals surface area contributed by atoms with Crippen molar-refractivity contribution < 1.29 is 18.3 Å². The van der Waals surface area contributed by atoms with Gasteiger partial charge < -0.3 is 20.1 Å². The number of fused-ring (bicyclic) bond motifs is 1. The van der Waals surface area contributed by atoms with Crippen molar-refractivity contribution in [3.8, 4) is 22.9 Å². The Morgan fingerprint density at radius 2 is 1.78 bits per heavy atom. The number of rotatable bonds is 8. The molecule has 0 amide bonds. The van der Waals surface area contributed by atoms with Gasteiger partial charge in [-0.3, -0.25) is 4.98 Å². The third-order valence-corrected chi connectivity index (χ3v) is 6.87. The molecular formula is C24H23Cl2N5O4S. The van der Waals surface area contributed by atoms with Crippen LogP contribution in [0.2, 0.25) is 10.0 Å². The summed E-state index contributed by atoms with van der Waals surface area (Å²) in [6, 6.07) is 9.90. The van der Waals surface area contributed by atoms with Crippen LogP contribution in [0.1, 0.15) is 0 Å². The molecular weight excluding hydrogens is 525 g/mol. The lowest BCUT2D eigenvalue weighted by atomic mass is 10.1. The van der Waals surface area contributed by atoms with E-state index in [-0.39, 0.29) is 26.4 Å². The molecule has 9 nitrogen and oxygen atoms in total. The van der Waals surface area contributed by atoms with Crippen LogP contribution in [0.15, 0.2) is 53.7 Å². The molecule has 1 aromatic carbocycles. The Hall–Kier alpha value is -3.18. The van der Waals surface area contributed by atoms with E-state index >= 15 is 0 Å². The van der Waals surface area contributed by atoms with Crippen LogP contribution < -0.4 is 10.1 Å². The van der Waals surface area contributed by atoms with E-state index in [1.807, 2.05) is 19.0 Å². The average Bonchev–Trinajstić information content (AvgIpc) is 2.82. The Bertz CT molecular complexity index is 1510. The first-order valence-corrected chi connectivity index (χ1v) is 13.4. The molecule has 0 aliphatic heterocycles. The monoisotopic (exact) mass is 547 g/mol. The minimum atomic E-state index is -3.66. The summed E-state index contributed by atoms with van der Waals surface area (Å²) in [6.45, 7) is 1.23. The van der Waals surface area contributed by atoms with Gasteiger partial charge in [0, 0.05) is 30.6 Å². The molecule has 0 saturated carbocycles. The number of benzene rings is 1. The van der Waals surface area contributed by atoms with Crippen LogP contribution in [-0.4, -0.2) is 66.9 Å². The summed E-state index contributed by atoms with van der Waals surface area (Å²) >= 11 is 12.2. The van der Waals surface area contributed by atoms with Gasteiger partial charge in [0.1, 0.15) is 17.0 Å². The molecule has 0 spiro atoms. The van der Waals surface area contributed by atoms with Crippen LogP contribution >= 0.6 is 23.2 Å². The normalized spacial score (nSPS) is 11.7. The maximum Gasteiger partial charge on any atom is 0.213 e. The van der Waals surface area contributed by atoms with Gasteiger partial charge in [-0.25, -0.2) is 18.4 Å². The second-order valence-electron chi connectivity index (χ2n) is 8.28. The lowest BCUT2D eigenvalue weighted by Crippen LogP contribution is -2.19. The molecule has 0 aliphatic carbocycles. The van der Waals surface area contributed by atoms with Gasteiger partial charge in [-0.2, -0.15) is 0 Å². The maximum atomic E-state index is 12.6. The van der Waals surface area contributed by atoms with Crippen molar-refractivity contribution in [1.29, 1.82) is 0 Å². The van der Waals surface area contributed by atoms with Gasteiger partial charge in [0.15, 0.2) is 15.6 Å². The number of ether oxygens (including phenoxy) is 1. The number of hydrogen-bond donors (Lipinski definition) is 2. The van der Waals surface area contributed by atoms with Crippen molar-refractivity contribution in [3.63, 3.8) is 0 Å². The van der Waals surface area contributed by atoms with Crippen LogP contribution in [0.3, 0.4) is 0 Å². The summed E-state index contributed by atoms with van der Waals surface area (Å²) < 4.78 is 30.8. The standard InChI is InChI=1S/C24H23Cl2N5O4S/c1-31(2)8-9-35-21-7-4-15(12-28-21)29-23-20(36(3,33)34)13-27-19-6-5-18(30-22(19)23)14-10-16(25)24(32)17(26)11-14/h4-7,10-13,32H,8-9H2,1-3H3,(H,27,29). The van der Waals surface area contributed by atoms with Gasteiger partial charge in [-0.1, -0.05) is 23.2 Å². The highest BCUT2D eigenvalue weighted by Gasteiger charge is 2.20. The second-order valence-corrected chi connectivity index (χ2v) is 11.1. The Morgan fingerprint density at radius 3 is 2.39 bits per heavy atom. The van der Waals surface area contributed by atoms with Crippen LogP contribution in [0.25, 0.3) is 22.3 Å². The molecule has 0 radical (unpaired) electrons. The minimum absolute atomic E-state index is 0.0206. The van der Waals surface area contributed by atoms with Crippen LogP contribution in [0, 0.1) is 0 Å². The Kier molecular flexibility index (Phi) is 7.51. The van der Waals surface area contributed by atoms with Crippen LogP contribution in [0.4, 0.5) is 11.4 Å². The Morgan fingerprint density at radius 1 is 1.06 bits per heavy atom. The van der Waals surface area contributed by atoms with Gasteiger partial charge in [0.05, 0.1) is 38.8 Å². The van der Waals surface area contributed by atoms with E-state index in [1.54, 1.807) is 30.5 Å². The number of aromatic nitrogens is 3. The fourth-order valence-corrected chi connectivity index (χ4v) is 4.59. The topological polar surface area (TPSA) is 118 Å². The number of sulfone groups is 1. The first kappa shape index (κ1) is 25.9. The number of aromatic hydroxyl groups is 1. The first-order valence-electron chi connectivity index (χ1n) is 10.7. The zero-order valence-corrected chi connectivity index (χ0v) is 22.0. The van der Waals surface area contributed by atoms with E-state index in [9.17, 15) is 13.5 Å². The van der Waals surface area contributed by atoms with Crippen molar-refractivity contribution >= 4 is 55.4 Å². The van der Waals surface area contributed by atoms with E-state index in [0.717, 1.165) is 12.8 Å². The fraction of sp³-hybridized carbons (Fsp3) is 0.208. The van der Waals surface area contributed by atoms with Crippen LogP contribution in [0.5, 0.6) is 11.6 Å². The lowest BCUT2D eigenvalue weighted by molar-refractivity contribution is 0.254. The number of nitrogens with zero attached hydrogens (tertiary/aromatic N) is 4. The van der Waals surface area contributed by atoms with Crippen molar-refractivity contribution in [1.82, 2.24) is 19.9 Å². The zero-order valence-electron chi connectivity index (χ0n) is 19.7. The number of anilines is 2. The summed E-state index contributed by atoms with van der Waals surface area (Å²) in [5.41, 5.74) is 2.59. The van der Waals surface area contributed by atoms with E-state index in [2.05, 4.69) is 20.3 Å². The van der Waals surface area contributed by atoms with Crippen molar-refractivity contribution in [2.75, 3.05) is 38.8 Å². The largest absolute Gasteiger partial charge is 0.505 e. The van der Waals surface area contributed by atoms with Gasteiger partial charge in [0.2, 0.25) is 5.88 Å². The maximum absolute atomic E-state index is 12.6. The molecule has 0 bridgehead atoms. The minimum Gasteiger partial charge on any atom is -0.505 e. The van der Waals surface area contributed by atoms with E-state index < -0.39 is 9.84 Å². The SMILES string of the molecule is CN(C)CCOc1ccc(Nc2c(S(C)(=O)=O)cnc3ccc(-c4cc(Cl)c(O)c(Cl)c4)nc23)cn1. The predicted molar refractivity (Wildman–Crippen MR) is 141 cm³/mol. The third-order valence-electron chi connectivity index (χ3n) is 5.18. The summed E-state index contributed by atoms with van der Waals surface area (Å²) in [5.74, 6) is 0.222. The highest BCUT2D eigenvalue weighted by atomic mass is 35.5. The summed E-state index contributed by atoms with van der Waals surface area (Å²) in [4.78, 5) is 15.2. The summed E-state index contributed by atoms with van der Waals surface area (Å²) in [7, 11) is 0.242. The summed E-state index contributed by atoms with van der Waals surface area (Å²) in [6.07, 6.45) is 3.94. The average molecular weight is 548 g/mol. The lowest BCUT2D eigenvalue weighted by Gasteiger charge is -2.15. The fourth-order valence-electron chi connectivity index (χ4n) is 3.34. The van der Waals surface area contributed by atoms with Crippen molar-refractivity contribution in [2.45, 2.75) is 4.90 Å². The zero-order chi connectivity index (χ0) is 26.0. The first-order chi connectivity index (χ1) is 17.0. The molecule has 0 fully saturated rings. The molecule has 188 valence electrons. The predicted octanol–water partition coefficient (Wildman–Crippen LogP) is 4.79. The number of phenols is 1. The van der Waals surface area contributed by atoms with E-state index in [4.69, 9.17) is 27.9 Å². The molecule has 3 heterocycles. The molecule has 2 N–H and O–H groups in total. The van der Waals surface area contributed by atoms with Crippen LogP contribution in [-0.2, 0) is 9.84 Å². The highest BCUT2D eigenvalue weighted by molar-refractivity contribution is 7.90. The van der Waals surface area contributed by atoms with Gasteiger partial charge in [-0.15, -0.1) is 0 Å². The number of likely N-dealkylation sites (N-methyl/N-ethyl adjacent to an activating group) is 1. The van der Waals surface area contributed by atoms with Crippen molar-refractivity contribution in [2.24, 2.45) is 0 Å². The number of phenolic OH excluding ortho intramolecular Hbond substituents is 1. The molecule has 36 heavy (non-hydrogen) atoms. The molecule has 4 aromatic rings. The molecule has 12 heteroatoms. The number of pyridine rings is 3. The quantitative estimate of drug-likeness (QED) is 0.320. The van der Waals surface area contributed by atoms with Gasteiger partial charge >= 0.3 is 0 Å². The second kappa shape index (κ2) is 10.4. The molecule has 4 rings (SSSR count). The van der Waals surface area contributed by atoms with Gasteiger partial charge in [-0.05, 0) is 44.4 Å². The third kappa shape index (κ3) is 5.79. The smallest absolute Gasteiger partial charge is 0.213 e. The molecule has 0 unspecified atom stereocenters. The molecule has 3 aromatic heterocycles. The molecule has 0 saturated heterocycles. The highest BCUT2D eigenvalue weighted by Crippen LogP contribution is 2.37. The van der Waals surface area contributed by atoms with E-state index in [0.29, 0.717) is 40.5 Å². The Balaban J connectivity index is 1.76.